The van der Waals surface area contributed by atoms with Gasteiger partial charge in [-0.25, -0.2) is 4.98 Å². The maximum atomic E-state index is 9.35. The number of nitrogens with zero attached hydrogens (tertiary/aromatic N) is 1. The van der Waals surface area contributed by atoms with Gasteiger partial charge in [-0.2, -0.15) is 0 Å². The zero-order valence-electron chi connectivity index (χ0n) is 6.23. The summed E-state index contributed by atoms with van der Waals surface area (Å²) in [7, 11) is 0. The van der Waals surface area contributed by atoms with Crippen molar-refractivity contribution in [2.24, 2.45) is 0 Å². The number of fused-ring (bicyclic) bond motifs is 1. The summed E-state index contributed by atoms with van der Waals surface area (Å²) in [6.07, 6.45) is 1.52. The molecule has 0 amide bonds. The van der Waals surface area contributed by atoms with Crippen LogP contribution in [0.5, 0.6) is 11.6 Å². The van der Waals surface area contributed by atoms with Gasteiger partial charge in [-0.3, -0.25) is 0 Å². The highest BCUT2D eigenvalue weighted by atomic mass is 16.3. The Bertz CT molecular complexity index is 426. The van der Waals surface area contributed by atoms with E-state index in [4.69, 9.17) is 5.11 Å². The summed E-state index contributed by atoms with van der Waals surface area (Å²) >= 11 is 0. The Morgan fingerprint density at radius 2 is 1.83 bits per heavy atom. The zero-order valence-corrected chi connectivity index (χ0v) is 6.23. The second kappa shape index (κ2) is 2.37. The number of pyridine rings is 1. The molecule has 2 aromatic rings. The van der Waals surface area contributed by atoms with Gasteiger partial charge >= 0.3 is 0 Å². The molecule has 0 radical (unpaired) electrons. The Morgan fingerprint density at radius 1 is 1.08 bits per heavy atom. The standard InChI is InChI=1S/C9H7NO2/c11-8-7-4-2-1-3-6(7)5-10-9(8)12/h1-5,11H,(H,10,12). The number of hydrogen-bond acceptors (Lipinski definition) is 3. The first-order valence-electron chi connectivity index (χ1n) is 3.55. The molecule has 3 heteroatoms. The molecule has 0 spiro atoms. The van der Waals surface area contributed by atoms with Crippen molar-refractivity contribution in [1.29, 1.82) is 0 Å². The van der Waals surface area contributed by atoms with Crippen LogP contribution in [0.4, 0.5) is 0 Å². The summed E-state index contributed by atoms with van der Waals surface area (Å²) in [5, 5.41) is 19.8. The van der Waals surface area contributed by atoms with Crippen LogP contribution in [0.25, 0.3) is 10.8 Å². The largest absolute Gasteiger partial charge is 0.503 e. The molecular weight excluding hydrogens is 154 g/mol. The molecule has 0 aliphatic rings. The van der Waals surface area contributed by atoms with Crippen molar-refractivity contribution in [2.75, 3.05) is 0 Å². The molecule has 0 aliphatic heterocycles. The lowest BCUT2D eigenvalue weighted by molar-refractivity contribution is 0.393. The van der Waals surface area contributed by atoms with E-state index in [0.717, 1.165) is 5.39 Å². The molecule has 0 saturated carbocycles. The first kappa shape index (κ1) is 6.91. The molecule has 2 rings (SSSR count). The smallest absolute Gasteiger partial charge is 0.254 e. The van der Waals surface area contributed by atoms with Crippen LogP contribution in [-0.2, 0) is 0 Å². The van der Waals surface area contributed by atoms with Gasteiger partial charge in [-0.05, 0) is 0 Å². The summed E-state index contributed by atoms with van der Waals surface area (Å²) in [5.74, 6) is -0.484. The molecule has 0 atom stereocenters. The van der Waals surface area contributed by atoms with E-state index >= 15 is 0 Å². The molecule has 0 unspecified atom stereocenters. The minimum absolute atomic E-state index is 0.159. The number of rotatable bonds is 0. The Morgan fingerprint density at radius 3 is 2.67 bits per heavy atom. The Hall–Kier alpha value is -1.77. The quantitative estimate of drug-likeness (QED) is 0.617. The van der Waals surface area contributed by atoms with E-state index < -0.39 is 0 Å². The van der Waals surface area contributed by atoms with Gasteiger partial charge in [0.15, 0.2) is 5.75 Å². The fourth-order valence-electron chi connectivity index (χ4n) is 1.14. The van der Waals surface area contributed by atoms with Crippen LogP contribution in [0, 0.1) is 0 Å². The highest BCUT2D eigenvalue weighted by molar-refractivity contribution is 5.88. The van der Waals surface area contributed by atoms with Crippen LogP contribution in [0.1, 0.15) is 0 Å². The third-order valence-corrected chi connectivity index (χ3v) is 1.75. The van der Waals surface area contributed by atoms with E-state index in [2.05, 4.69) is 4.98 Å². The van der Waals surface area contributed by atoms with Crippen molar-refractivity contribution < 1.29 is 10.2 Å². The van der Waals surface area contributed by atoms with Crippen molar-refractivity contribution in [3.63, 3.8) is 0 Å². The van der Waals surface area contributed by atoms with Crippen molar-refractivity contribution in [2.45, 2.75) is 0 Å². The van der Waals surface area contributed by atoms with Crippen LogP contribution in [-0.4, -0.2) is 15.2 Å². The van der Waals surface area contributed by atoms with Crippen LogP contribution < -0.4 is 0 Å². The highest BCUT2D eigenvalue weighted by Gasteiger charge is 2.04. The van der Waals surface area contributed by atoms with Crippen LogP contribution in [0.15, 0.2) is 30.5 Å². The van der Waals surface area contributed by atoms with E-state index in [1.165, 1.54) is 6.20 Å². The third-order valence-electron chi connectivity index (χ3n) is 1.75. The van der Waals surface area contributed by atoms with Crippen LogP contribution >= 0.6 is 0 Å². The van der Waals surface area contributed by atoms with Gasteiger partial charge in [0, 0.05) is 17.0 Å². The molecule has 60 valence electrons. The SMILES string of the molecule is Oc1ncc2ccccc2c1O. The van der Waals surface area contributed by atoms with Crippen molar-refractivity contribution >= 4 is 10.8 Å². The van der Waals surface area contributed by atoms with Gasteiger partial charge in [0.1, 0.15) is 0 Å². The van der Waals surface area contributed by atoms with Crippen LogP contribution in [0.2, 0.25) is 0 Å². The minimum atomic E-state index is -0.325. The van der Waals surface area contributed by atoms with Gasteiger partial charge in [-0.1, -0.05) is 24.3 Å². The molecule has 3 nitrogen and oxygen atoms in total. The summed E-state index contributed by atoms with van der Waals surface area (Å²) in [6, 6.07) is 7.19. The van der Waals surface area contributed by atoms with E-state index in [9.17, 15) is 5.11 Å². The summed E-state index contributed by atoms with van der Waals surface area (Å²) in [5.41, 5.74) is 0. The molecule has 0 bridgehead atoms. The molecule has 0 fully saturated rings. The van der Waals surface area contributed by atoms with E-state index in [-0.39, 0.29) is 11.6 Å². The molecule has 1 heterocycles. The first-order chi connectivity index (χ1) is 5.79. The van der Waals surface area contributed by atoms with Gasteiger partial charge in [0.25, 0.3) is 5.88 Å². The Balaban J connectivity index is 2.91. The van der Waals surface area contributed by atoms with Gasteiger partial charge < -0.3 is 10.2 Å². The van der Waals surface area contributed by atoms with Gasteiger partial charge in [-0.15, -0.1) is 0 Å². The average molecular weight is 161 g/mol. The summed E-state index contributed by atoms with van der Waals surface area (Å²) in [4.78, 5) is 3.61. The number of aromatic hydroxyl groups is 2. The summed E-state index contributed by atoms with van der Waals surface area (Å²) in [6.45, 7) is 0. The molecule has 12 heavy (non-hydrogen) atoms. The van der Waals surface area contributed by atoms with E-state index in [1.807, 2.05) is 12.1 Å². The lowest BCUT2D eigenvalue weighted by Gasteiger charge is -2.00. The van der Waals surface area contributed by atoms with Gasteiger partial charge in [0.2, 0.25) is 0 Å². The molecular formula is C9H7NO2. The molecule has 1 aromatic carbocycles. The lowest BCUT2D eigenvalue weighted by atomic mass is 10.2. The second-order valence-corrected chi connectivity index (χ2v) is 2.52. The topological polar surface area (TPSA) is 53.4 Å². The zero-order chi connectivity index (χ0) is 8.55. The predicted molar refractivity (Wildman–Crippen MR) is 45.1 cm³/mol. The number of hydrogen-bond donors (Lipinski definition) is 2. The molecule has 0 saturated heterocycles. The van der Waals surface area contributed by atoms with Gasteiger partial charge in [0.05, 0.1) is 0 Å². The van der Waals surface area contributed by atoms with Crippen LogP contribution in [0.3, 0.4) is 0 Å². The minimum Gasteiger partial charge on any atom is -0.503 e. The fraction of sp³-hybridized carbons (Fsp3) is 0. The van der Waals surface area contributed by atoms with E-state index in [0.29, 0.717) is 5.39 Å². The third kappa shape index (κ3) is 0.871. The predicted octanol–water partition coefficient (Wildman–Crippen LogP) is 1.65. The maximum Gasteiger partial charge on any atom is 0.254 e. The van der Waals surface area contributed by atoms with Crippen molar-refractivity contribution in [3.8, 4) is 11.6 Å². The van der Waals surface area contributed by atoms with Crippen molar-refractivity contribution in [1.82, 2.24) is 4.98 Å². The maximum absolute atomic E-state index is 9.35. The molecule has 0 aliphatic carbocycles. The Kier molecular flexibility index (Phi) is 1.37. The molecule has 1 aromatic heterocycles. The average Bonchev–Trinajstić information content (AvgIpc) is 2.12. The second-order valence-electron chi connectivity index (χ2n) is 2.52. The number of benzene rings is 1. The fourth-order valence-corrected chi connectivity index (χ4v) is 1.14. The summed E-state index contributed by atoms with van der Waals surface area (Å²) < 4.78 is 0. The normalized spacial score (nSPS) is 10.3. The monoisotopic (exact) mass is 161 g/mol. The Labute approximate surface area is 68.9 Å². The lowest BCUT2D eigenvalue weighted by Crippen LogP contribution is -1.78. The molecule has 2 N–H and O–H groups in total. The first-order valence-corrected chi connectivity index (χ1v) is 3.55. The number of aromatic nitrogens is 1. The highest BCUT2D eigenvalue weighted by Crippen LogP contribution is 2.30. The van der Waals surface area contributed by atoms with E-state index in [1.54, 1.807) is 12.1 Å². The van der Waals surface area contributed by atoms with Crippen molar-refractivity contribution in [3.05, 3.63) is 30.5 Å².